The molecule has 114 valence electrons. The fourth-order valence-electron chi connectivity index (χ4n) is 1.78. The largest absolute Gasteiger partial charge is 0.508 e. The number of phenolic OH excluding ortho intramolecular Hbond substituents is 2. The highest BCUT2D eigenvalue weighted by Gasteiger charge is 2.02. The van der Waals surface area contributed by atoms with Crippen LogP contribution >= 0.6 is 15.9 Å². The van der Waals surface area contributed by atoms with Crippen LogP contribution in [0.5, 0.6) is 11.5 Å². The van der Waals surface area contributed by atoms with Crippen molar-refractivity contribution in [3.63, 3.8) is 0 Å². The summed E-state index contributed by atoms with van der Waals surface area (Å²) in [5.41, 5.74) is 3.88. The maximum Gasteiger partial charge on any atom is 0.240 e. The van der Waals surface area contributed by atoms with Crippen LogP contribution in [0.2, 0.25) is 0 Å². The Balaban J connectivity index is 1.83. The van der Waals surface area contributed by atoms with Gasteiger partial charge in [-0.25, -0.2) is 5.43 Å². The molecule has 0 aliphatic carbocycles. The predicted molar refractivity (Wildman–Crippen MR) is 88.0 cm³/mol. The molecule has 0 atom stereocenters. The smallest absolute Gasteiger partial charge is 0.240 e. The molecule has 0 radical (unpaired) electrons. The van der Waals surface area contributed by atoms with E-state index < -0.39 is 0 Å². The third-order valence-corrected chi connectivity index (χ3v) is 3.45. The first-order valence-electron chi connectivity index (χ1n) is 6.63. The first kappa shape index (κ1) is 16.0. The number of hydrogen-bond acceptors (Lipinski definition) is 4. The summed E-state index contributed by atoms with van der Waals surface area (Å²) in [5, 5.41) is 22.6. The first-order valence-corrected chi connectivity index (χ1v) is 7.42. The Bertz CT molecular complexity index is 684. The quantitative estimate of drug-likeness (QED) is 0.564. The van der Waals surface area contributed by atoms with Gasteiger partial charge >= 0.3 is 0 Å². The molecular weight excluding hydrogens is 348 g/mol. The van der Waals surface area contributed by atoms with Crippen molar-refractivity contribution in [2.75, 3.05) is 0 Å². The normalized spacial score (nSPS) is 10.8. The molecule has 6 heteroatoms. The highest BCUT2D eigenvalue weighted by Crippen LogP contribution is 2.19. The van der Waals surface area contributed by atoms with Gasteiger partial charge in [0, 0.05) is 16.5 Å². The van der Waals surface area contributed by atoms with E-state index in [1.54, 1.807) is 36.4 Å². The van der Waals surface area contributed by atoms with Crippen molar-refractivity contribution in [3.05, 3.63) is 58.1 Å². The highest BCUT2D eigenvalue weighted by atomic mass is 79.9. The van der Waals surface area contributed by atoms with Crippen LogP contribution in [0.1, 0.15) is 17.5 Å². The topological polar surface area (TPSA) is 81.9 Å². The molecule has 0 unspecified atom stereocenters. The fraction of sp³-hybridized carbons (Fsp3) is 0.125. The minimum Gasteiger partial charge on any atom is -0.508 e. The Kier molecular flexibility index (Phi) is 5.55. The van der Waals surface area contributed by atoms with Crippen LogP contribution in [0.4, 0.5) is 0 Å². The molecule has 0 aliphatic rings. The Morgan fingerprint density at radius 2 is 1.91 bits per heavy atom. The molecule has 2 aromatic rings. The van der Waals surface area contributed by atoms with Gasteiger partial charge in [0.2, 0.25) is 5.91 Å². The lowest BCUT2D eigenvalue weighted by Gasteiger charge is -2.02. The molecule has 0 bridgehead atoms. The fourth-order valence-corrected chi connectivity index (χ4v) is 2.16. The second-order valence-electron chi connectivity index (χ2n) is 4.66. The number of aryl methyl sites for hydroxylation is 1. The summed E-state index contributed by atoms with van der Waals surface area (Å²) in [6, 6.07) is 11.7. The number of benzene rings is 2. The van der Waals surface area contributed by atoms with E-state index in [1.165, 1.54) is 12.3 Å². The van der Waals surface area contributed by atoms with Crippen LogP contribution in [-0.2, 0) is 11.2 Å². The van der Waals surface area contributed by atoms with Crippen LogP contribution in [0, 0.1) is 0 Å². The van der Waals surface area contributed by atoms with Gasteiger partial charge in [-0.05, 0) is 42.3 Å². The number of aromatic hydroxyl groups is 2. The van der Waals surface area contributed by atoms with Crippen LogP contribution in [0.15, 0.2) is 52.0 Å². The van der Waals surface area contributed by atoms with E-state index in [0.29, 0.717) is 12.0 Å². The van der Waals surface area contributed by atoms with Crippen molar-refractivity contribution in [1.82, 2.24) is 5.43 Å². The molecule has 0 saturated heterocycles. The number of nitrogens with one attached hydrogen (secondary N) is 1. The van der Waals surface area contributed by atoms with Gasteiger partial charge in [-0.2, -0.15) is 5.10 Å². The SMILES string of the molecule is O=C(CCc1ccc(O)cc1)N/N=C/c1cc(Br)ccc1O. The van der Waals surface area contributed by atoms with Gasteiger partial charge in [-0.3, -0.25) is 4.79 Å². The maximum atomic E-state index is 11.7. The van der Waals surface area contributed by atoms with Gasteiger partial charge in [0.25, 0.3) is 0 Å². The van der Waals surface area contributed by atoms with Crippen LogP contribution < -0.4 is 5.43 Å². The van der Waals surface area contributed by atoms with Crippen molar-refractivity contribution in [2.24, 2.45) is 5.10 Å². The number of hydrazone groups is 1. The summed E-state index contributed by atoms with van der Waals surface area (Å²) in [6.45, 7) is 0. The lowest BCUT2D eigenvalue weighted by atomic mass is 10.1. The zero-order chi connectivity index (χ0) is 15.9. The van der Waals surface area contributed by atoms with Crippen molar-refractivity contribution < 1.29 is 15.0 Å². The van der Waals surface area contributed by atoms with E-state index in [-0.39, 0.29) is 23.8 Å². The van der Waals surface area contributed by atoms with Crippen LogP contribution in [0.3, 0.4) is 0 Å². The molecule has 0 aliphatic heterocycles. The van der Waals surface area contributed by atoms with Gasteiger partial charge in [0.05, 0.1) is 6.21 Å². The van der Waals surface area contributed by atoms with Crippen molar-refractivity contribution in [2.45, 2.75) is 12.8 Å². The number of carbonyl (C=O) groups is 1. The second-order valence-corrected chi connectivity index (χ2v) is 5.58. The first-order chi connectivity index (χ1) is 10.5. The second kappa shape index (κ2) is 7.61. The molecule has 1 amide bonds. The van der Waals surface area contributed by atoms with E-state index in [4.69, 9.17) is 0 Å². The summed E-state index contributed by atoms with van der Waals surface area (Å²) in [4.78, 5) is 11.7. The monoisotopic (exact) mass is 362 g/mol. The average Bonchev–Trinajstić information content (AvgIpc) is 2.50. The number of rotatable bonds is 5. The summed E-state index contributed by atoms with van der Waals surface area (Å²) >= 11 is 3.30. The number of carbonyl (C=O) groups excluding carboxylic acids is 1. The number of amides is 1. The Morgan fingerprint density at radius 3 is 2.64 bits per heavy atom. The van der Waals surface area contributed by atoms with Gasteiger partial charge in [0.15, 0.2) is 0 Å². The van der Waals surface area contributed by atoms with Crippen molar-refractivity contribution >= 4 is 28.1 Å². The Labute approximate surface area is 136 Å². The molecule has 0 spiro atoms. The Hall–Kier alpha value is -2.34. The summed E-state index contributed by atoms with van der Waals surface area (Å²) in [6.07, 6.45) is 2.23. The van der Waals surface area contributed by atoms with Crippen molar-refractivity contribution in [3.8, 4) is 11.5 Å². The maximum absolute atomic E-state index is 11.7. The molecular formula is C16H15BrN2O3. The summed E-state index contributed by atoms with van der Waals surface area (Å²) in [7, 11) is 0. The van der Waals surface area contributed by atoms with Gasteiger partial charge in [-0.1, -0.05) is 28.1 Å². The minimum absolute atomic E-state index is 0.0882. The van der Waals surface area contributed by atoms with E-state index in [9.17, 15) is 15.0 Å². The van der Waals surface area contributed by atoms with E-state index in [1.807, 2.05) is 0 Å². The molecule has 0 heterocycles. The molecule has 22 heavy (non-hydrogen) atoms. The van der Waals surface area contributed by atoms with E-state index >= 15 is 0 Å². The molecule has 0 fully saturated rings. The van der Waals surface area contributed by atoms with Crippen LogP contribution in [0.25, 0.3) is 0 Å². The highest BCUT2D eigenvalue weighted by molar-refractivity contribution is 9.10. The van der Waals surface area contributed by atoms with Gasteiger partial charge in [-0.15, -0.1) is 0 Å². The zero-order valence-electron chi connectivity index (χ0n) is 11.7. The molecule has 2 rings (SSSR count). The number of halogens is 1. The molecule has 2 aromatic carbocycles. The summed E-state index contributed by atoms with van der Waals surface area (Å²) in [5.74, 6) is 0.0655. The molecule has 5 nitrogen and oxygen atoms in total. The lowest BCUT2D eigenvalue weighted by Crippen LogP contribution is -2.17. The summed E-state index contributed by atoms with van der Waals surface area (Å²) < 4.78 is 0.811. The third-order valence-electron chi connectivity index (χ3n) is 2.96. The van der Waals surface area contributed by atoms with Crippen LogP contribution in [-0.4, -0.2) is 22.3 Å². The van der Waals surface area contributed by atoms with Crippen molar-refractivity contribution in [1.29, 1.82) is 0 Å². The molecule has 3 N–H and O–H groups in total. The predicted octanol–water partition coefficient (Wildman–Crippen LogP) is 2.94. The standard InChI is InChI=1S/C16H15BrN2O3/c17-13-4-7-15(21)12(9-13)10-18-19-16(22)8-3-11-1-5-14(20)6-2-11/h1-2,4-7,9-10,20-21H,3,8H2,(H,19,22)/b18-10+. The number of hydrogen-bond donors (Lipinski definition) is 3. The zero-order valence-corrected chi connectivity index (χ0v) is 13.2. The van der Waals surface area contributed by atoms with Gasteiger partial charge in [0.1, 0.15) is 11.5 Å². The lowest BCUT2D eigenvalue weighted by molar-refractivity contribution is -0.121. The Morgan fingerprint density at radius 1 is 1.18 bits per heavy atom. The number of phenols is 2. The average molecular weight is 363 g/mol. The van der Waals surface area contributed by atoms with Gasteiger partial charge < -0.3 is 10.2 Å². The molecule has 0 aromatic heterocycles. The van der Waals surface area contributed by atoms with E-state index in [2.05, 4.69) is 26.5 Å². The number of nitrogens with zero attached hydrogens (tertiary/aromatic N) is 1. The van der Waals surface area contributed by atoms with E-state index in [0.717, 1.165) is 10.0 Å². The third kappa shape index (κ3) is 4.89. The molecule has 0 saturated carbocycles. The minimum atomic E-state index is -0.223.